The fourth-order valence-electron chi connectivity index (χ4n) is 5.57. The third-order valence-electron chi connectivity index (χ3n) is 7.19. The van der Waals surface area contributed by atoms with Crippen LogP contribution in [0.2, 0.25) is 0 Å². The molecule has 4 atom stereocenters. The van der Waals surface area contributed by atoms with Crippen LogP contribution < -0.4 is 14.5 Å². The molecule has 2 amide bonds. The van der Waals surface area contributed by atoms with Crippen molar-refractivity contribution in [3.8, 4) is 5.75 Å². The summed E-state index contributed by atoms with van der Waals surface area (Å²) >= 11 is 0. The first-order chi connectivity index (χ1) is 17.1. The Morgan fingerprint density at radius 1 is 1.14 bits per heavy atom. The molecule has 0 aliphatic carbocycles. The van der Waals surface area contributed by atoms with E-state index in [1.165, 1.54) is 15.9 Å². The number of hydrogen-bond acceptors (Lipinski definition) is 7. The Labute approximate surface area is 209 Å². The Balaban J connectivity index is 1.69. The lowest BCUT2D eigenvalue weighted by Crippen LogP contribution is -2.86. The van der Waals surface area contributed by atoms with Gasteiger partial charge in [0.15, 0.2) is 5.79 Å². The molecule has 3 aliphatic rings. The molecule has 190 valence electrons. The molecule has 36 heavy (non-hydrogen) atoms. The van der Waals surface area contributed by atoms with Crippen molar-refractivity contribution in [2.75, 3.05) is 37.2 Å². The van der Waals surface area contributed by atoms with E-state index in [4.69, 9.17) is 18.9 Å². The molecule has 0 unspecified atom stereocenters. The lowest BCUT2D eigenvalue weighted by molar-refractivity contribution is -0.227. The predicted molar refractivity (Wildman–Crippen MR) is 132 cm³/mol. The molecule has 9 nitrogen and oxygen atoms in total. The standard InChI is InChI=1S/C27H30N2O7/c1-6-15-34-27(19-9-7-8-10-20(19)28(4)24(27)31)26(32)22(21-16-35-25(2,3)36-21)29(23(26)30)17-11-13-18(33-5)14-12-17/h6-14,21-22,32H,1,15-16H2,2-5H3/t21-,22+,26-,27+/m1/s1. The Bertz CT molecular complexity index is 1210. The highest BCUT2D eigenvalue weighted by Crippen LogP contribution is 2.57. The summed E-state index contributed by atoms with van der Waals surface area (Å²) in [4.78, 5) is 30.8. The van der Waals surface area contributed by atoms with Crippen LogP contribution >= 0.6 is 0 Å². The average molecular weight is 495 g/mol. The number of amides is 2. The van der Waals surface area contributed by atoms with E-state index in [0.717, 1.165) is 0 Å². The molecule has 0 aromatic heterocycles. The highest BCUT2D eigenvalue weighted by atomic mass is 16.7. The maximum Gasteiger partial charge on any atom is 0.267 e. The molecular weight excluding hydrogens is 464 g/mol. The number of fused-ring (bicyclic) bond motifs is 1. The lowest BCUT2D eigenvalue weighted by Gasteiger charge is -2.59. The number of aliphatic hydroxyl groups is 1. The molecule has 5 rings (SSSR count). The van der Waals surface area contributed by atoms with Gasteiger partial charge in [0.25, 0.3) is 11.8 Å². The quantitative estimate of drug-likeness (QED) is 0.466. The number of carbonyl (C=O) groups excluding carboxylic acids is 2. The summed E-state index contributed by atoms with van der Waals surface area (Å²) in [5.41, 5.74) is -2.81. The van der Waals surface area contributed by atoms with Crippen LogP contribution in [-0.4, -0.2) is 67.8 Å². The van der Waals surface area contributed by atoms with Gasteiger partial charge in [-0.3, -0.25) is 9.59 Å². The zero-order chi connectivity index (χ0) is 25.9. The number of para-hydroxylation sites is 1. The minimum Gasteiger partial charge on any atom is -0.497 e. The van der Waals surface area contributed by atoms with Gasteiger partial charge < -0.3 is 33.9 Å². The molecule has 0 bridgehead atoms. The van der Waals surface area contributed by atoms with Crippen molar-refractivity contribution in [3.05, 3.63) is 66.7 Å². The lowest BCUT2D eigenvalue weighted by atomic mass is 9.64. The SMILES string of the molecule is C=CCO[C@]1([C@]2(O)C(=O)N(c3ccc(OC)cc3)[C@H]2[C@H]2COC(C)(C)O2)C(=O)N(C)c2ccccc21. The molecule has 9 heteroatoms. The number of methoxy groups -OCH3 is 1. The molecule has 2 fully saturated rings. The normalized spacial score (nSPS) is 30.8. The van der Waals surface area contributed by atoms with Crippen LogP contribution in [-0.2, 0) is 29.4 Å². The monoisotopic (exact) mass is 494 g/mol. The van der Waals surface area contributed by atoms with Crippen LogP contribution in [0.25, 0.3) is 0 Å². The number of benzene rings is 2. The van der Waals surface area contributed by atoms with Crippen molar-refractivity contribution >= 4 is 23.2 Å². The number of ether oxygens (including phenoxy) is 4. The van der Waals surface area contributed by atoms with Crippen LogP contribution in [0.3, 0.4) is 0 Å². The van der Waals surface area contributed by atoms with Gasteiger partial charge in [-0.2, -0.15) is 0 Å². The van der Waals surface area contributed by atoms with Gasteiger partial charge in [-0.1, -0.05) is 24.3 Å². The summed E-state index contributed by atoms with van der Waals surface area (Å²) in [7, 11) is 3.15. The first kappa shape index (κ1) is 24.5. The highest BCUT2D eigenvalue weighted by molar-refractivity contribution is 6.18. The number of likely N-dealkylation sites (N-methyl/N-ethyl adjacent to an activating group) is 1. The van der Waals surface area contributed by atoms with Crippen molar-refractivity contribution < 1.29 is 33.6 Å². The molecule has 3 heterocycles. The summed E-state index contributed by atoms with van der Waals surface area (Å²) in [5, 5.41) is 12.5. The Hall–Kier alpha value is -3.24. The minimum atomic E-state index is -2.29. The summed E-state index contributed by atoms with van der Waals surface area (Å²) in [6, 6.07) is 12.9. The van der Waals surface area contributed by atoms with E-state index in [1.807, 2.05) is 0 Å². The Morgan fingerprint density at radius 2 is 1.83 bits per heavy atom. The summed E-state index contributed by atoms with van der Waals surface area (Å²) in [6.07, 6.45) is 0.747. The molecular formula is C27H30N2O7. The largest absolute Gasteiger partial charge is 0.497 e. The van der Waals surface area contributed by atoms with Crippen LogP contribution in [0.15, 0.2) is 61.2 Å². The first-order valence-electron chi connectivity index (χ1n) is 11.8. The Morgan fingerprint density at radius 3 is 2.44 bits per heavy atom. The first-order valence-corrected chi connectivity index (χ1v) is 11.8. The number of rotatable bonds is 7. The molecule has 0 saturated carbocycles. The van der Waals surface area contributed by atoms with E-state index in [0.29, 0.717) is 22.7 Å². The molecule has 2 saturated heterocycles. The van der Waals surface area contributed by atoms with Crippen molar-refractivity contribution in [2.24, 2.45) is 0 Å². The molecule has 2 aromatic carbocycles. The predicted octanol–water partition coefficient (Wildman–Crippen LogP) is 2.37. The zero-order valence-corrected chi connectivity index (χ0v) is 20.8. The van der Waals surface area contributed by atoms with Gasteiger partial charge >= 0.3 is 0 Å². The zero-order valence-electron chi connectivity index (χ0n) is 20.8. The van der Waals surface area contributed by atoms with Crippen LogP contribution in [0.1, 0.15) is 19.4 Å². The van der Waals surface area contributed by atoms with E-state index in [2.05, 4.69) is 6.58 Å². The molecule has 0 radical (unpaired) electrons. The topological polar surface area (TPSA) is 97.8 Å². The van der Waals surface area contributed by atoms with E-state index >= 15 is 0 Å². The Kier molecular flexibility index (Phi) is 5.72. The summed E-state index contributed by atoms with van der Waals surface area (Å²) < 4.78 is 23.4. The van der Waals surface area contributed by atoms with Crippen LogP contribution in [0, 0.1) is 0 Å². The minimum absolute atomic E-state index is 0.0632. The number of β-lactam (4-membered cyclic amide) rings is 1. The number of nitrogens with zero attached hydrogens (tertiary/aromatic N) is 2. The van der Waals surface area contributed by atoms with Gasteiger partial charge in [0.2, 0.25) is 11.2 Å². The molecule has 1 N–H and O–H groups in total. The van der Waals surface area contributed by atoms with Crippen LogP contribution in [0.5, 0.6) is 5.75 Å². The highest BCUT2D eigenvalue weighted by Gasteiger charge is 2.79. The van der Waals surface area contributed by atoms with Gasteiger partial charge in [0.05, 0.1) is 26.0 Å². The number of hydrogen-bond donors (Lipinski definition) is 1. The van der Waals surface area contributed by atoms with Crippen LogP contribution in [0.4, 0.5) is 11.4 Å². The van der Waals surface area contributed by atoms with E-state index in [1.54, 1.807) is 76.5 Å². The number of anilines is 2. The van der Waals surface area contributed by atoms with Gasteiger partial charge in [-0.05, 0) is 44.2 Å². The van der Waals surface area contributed by atoms with Gasteiger partial charge in [0, 0.05) is 18.3 Å². The van der Waals surface area contributed by atoms with E-state index in [-0.39, 0.29) is 13.2 Å². The fourth-order valence-corrected chi connectivity index (χ4v) is 5.57. The average Bonchev–Trinajstić information content (AvgIpc) is 3.34. The van der Waals surface area contributed by atoms with Gasteiger partial charge in [-0.25, -0.2) is 0 Å². The van der Waals surface area contributed by atoms with Crippen molar-refractivity contribution in [1.82, 2.24) is 0 Å². The number of carbonyl (C=O) groups is 2. The van der Waals surface area contributed by atoms with Crippen molar-refractivity contribution in [2.45, 2.75) is 43.0 Å². The van der Waals surface area contributed by atoms with Crippen molar-refractivity contribution in [1.29, 1.82) is 0 Å². The second kappa shape index (κ2) is 8.41. The van der Waals surface area contributed by atoms with E-state index < -0.39 is 40.9 Å². The van der Waals surface area contributed by atoms with E-state index in [9.17, 15) is 14.7 Å². The third-order valence-corrected chi connectivity index (χ3v) is 7.19. The molecule has 0 spiro atoms. The summed E-state index contributed by atoms with van der Waals surface area (Å²) in [5.74, 6) is -1.53. The maximum absolute atomic E-state index is 14.1. The second-order valence-corrected chi connectivity index (χ2v) is 9.61. The molecule has 3 aliphatic heterocycles. The molecule has 2 aromatic rings. The van der Waals surface area contributed by atoms with Crippen molar-refractivity contribution in [3.63, 3.8) is 0 Å². The third kappa shape index (κ3) is 3.17. The van der Waals surface area contributed by atoms with Gasteiger partial charge in [-0.15, -0.1) is 6.58 Å². The smallest absolute Gasteiger partial charge is 0.267 e. The second-order valence-electron chi connectivity index (χ2n) is 9.61. The maximum atomic E-state index is 14.1. The fraction of sp³-hybridized carbons (Fsp3) is 0.407. The van der Waals surface area contributed by atoms with Gasteiger partial charge in [0.1, 0.15) is 17.9 Å². The summed E-state index contributed by atoms with van der Waals surface area (Å²) in [6.45, 7) is 7.28.